The van der Waals surface area contributed by atoms with Crippen LogP contribution in [-0.2, 0) is 6.18 Å². The van der Waals surface area contributed by atoms with Crippen molar-refractivity contribution in [2.45, 2.75) is 12.6 Å². The molecule has 0 atom stereocenters. The van der Waals surface area contributed by atoms with Gasteiger partial charge in [0.15, 0.2) is 0 Å². The molecule has 102 valence electrons. The summed E-state index contributed by atoms with van der Waals surface area (Å²) >= 11 is 0. The fourth-order valence-corrected chi connectivity index (χ4v) is 1.88. The molecule has 0 radical (unpaired) electrons. The molecule has 1 amide bonds. The topological polar surface area (TPSA) is 53.4 Å². The van der Waals surface area contributed by atoms with Crippen LogP contribution in [0.3, 0.4) is 0 Å². The molecule has 2 rings (SSSR count). The third-order valence-corrected chi connectivity index (χ3v) is 2.92. The number of nitrogens with zero attached hydrogens (tertiary/aromatic N) is 2. The normalized spacial score (nSPS) is 16.2. The Balaban J connectivity index is 2.22. The average Bonchev–Trinajstić information content (AvgIpc) is 2.38. The highest BCUT2D eigenvalue weighted by Gasteiger charge is 2.31. The van der Waals surface area contributed by atoms with E-state index in [0.29, 0.717) is 17.6 Å². The summed E-state index contributed by atoms with van der Waals surface area (Å²) in [5.41, 5.74) is 0.280. The maximum absolute atomic E-state index is 12.6. The quantitative estimate of drug-likeness (QED) is 0.855. The van der Waals surface area contributed by atoms with E-state index in [9.17, 15) is 18.0 Å². The first-order chi connectivity index (χ1) is 8.88. The molecule has 0 spiro atoms. The molecule has 1 N–H and O–H groups in total. The van der Waals surface area contributed by atoms with Crippen molar-refractivity contribution in [3.8, 4) is 0 Å². The van der Waals surface area contributed by atoms with Gasteiger partial charge in [-0.15, -0.1) is 0 Å². The van der Waals surface area contributed by atoms with Crippen molar-refractivity contribution < 1.29 is 23.1 Å². The molecule has 1 aromatic rings. The zero-order valence-corrected chi connectivity index (χ0v) is 9.81. The monoisotopic (exact) mass is 272 g/mol. The Kier molecular flexibility index (Phi) is 3.46. The van der Waals surface area contributed by atoms with Gasteiger partial charge in [-0.05, 0) is 23.6 Å². The van der Waals surface area contributed by atoms with E-state index < -0.39 is 17.8 Å². The molecule has 0 fully saturated rings. The van der Waals surface area contributed by atoms with Crippen LogP contribution in [0.5, 0.6) is 0 Å². The van der Waals surface area contributed by atoms with E-state index in [1.807, 2.05) is 0 Å². The van der Waals surface area contributed by atoms with Crippen LogP contribution in [0.15, 0.2) is 24.5 Å². The highest BCUT2D eigenvalue weighted by molar-refractivity contribution is 5.71. The van der Waals surface area contributed by atoms with Crippen LogP contribution in [0, 0.1) is 0 Å². The van der Waals surface area contributed by atoms with E-state index in [-0.39, 0.29) is 13.1 Å². The number of carboxylic acid groups (broad SMARTS) is 1. The van der Waals surface area contributed by atoms with Crippen molar-refractivity contribution in [2.24, 2.45) is 0 Å². The van der Waals surface area contributed by atoms with E-state index in [2.05, 4.69) is 4.98 Å². The van der Waals surface area contributed by atoms with Crippen LogP contribution in [0.4, 0.5) is 18.0 Å². The fourth-order valence-electron chi connectivity index (χ4n) is 1.88. The number of hydrogen-bond acceptors (Lipinski definition) is 2. The molecule has 0 aromatic carbocycles. The number of hydrogen-bond donors (Lipinski definition) is 1. The molecule has 0 bridgehead atoms. The minimum atomic E-state index is -4.43. The van der Waals surface area contributed by atoms with Gasteiger partial charge < -0.3 is 10.0 Å². The van der Waals surface area contributed by atoms with Crippen LogP contribution in [0.1, 0.15) is 17.5 Å². The molecule has 0 aliphatic carbocycles. The second-order valence-electron chi connectivity index (χ2n) is 4.17. The molecule has 1 aliphatic rings. The van der Waals surface area contributed by atoms with Gasteiger partial charge in [-0.1, -0.05) is 6.08 Å². The van der Waals surface area contributed by atoms with Gasteiger partial charge in [0.1, 0.15) is 0 Å². The summed E-state index contributed by atoms with van der Waals surface area (Å²) in [5, 5.41) is 8.78. The minimum Gasteiger partial charge on any atom is -0.465 e. The van der Waals surface area contributed by atoms with E-state index in [0.717, 1.165) is 12.3 Å². The van der Waals surface area contributed by atoms with Crippen molar-refractivity contribution in [1.29, 1.82) is 0 Å². The molecule has 2 heterocycles. The minimum absolute atomic E-state index is 0.181. The highest BCUT2D eigenvalue weighted by Crippen LogP contribution is 2.31. The molecular formula is C12H11F3N2O2. The average molecular weight is 272 g/mol. The largest absolute Gasteiger partial charge is 0.465 e. The smallest absolute Gasteiger partial charge is 0.417 e. The van der Waals surface area contributed by atoms with Crippen LogP contribution in [0.2, 0.25) is 0 Å². The lowest BCUT2D eigenvalue weighted by molar-refractivity contribution is -0.137. The van der Waals surface area contributed by atoms with Crippen LogP contribution in [-0.4, -0.2) is 34.2 Å². The van der Waals surface area contributed by atoms with Crippen LogP contribution < -0.4 is 0 Å². The van der Waals surface area contributed by atoms with Crippen molar-refractivity contribution in [2.75, 3.05) is 13.1 Å². The Labute approximate surface area is 107 Å². The summed E-state index contributed by atoms with van der Waals surface area (Å²) in [6.45, 7) is 0.457. The Morgan fingerprint density at radius 3 is 2.63 bits per heavy atom. The second-order valence-corrected chi connectivity index (χ2v) is 4.17. The molecule has 7 heteroatoms. The summed E-state index contributed by atoms with van der Waals surface area (Å²) in [5.74, 6) is 0. The van der Waals surface area contributed by atoms with Gasteiger partial charge in [0.2, 0.25) is 0 Å². The first-order valence-electron chi connectivity index (χ1n) is 5.57. The van der Waals surface area contributed by atoms with Crippen LogP contribution >= 0.6 is 0 Å². The van der Waals surface area contributed by atoms with Gasteiger partial charge in [-0.3, -0.25) is 4.98 Å². The SMILES string of the molecule is O=C(O)N1CC=C(c2cncc(C(F)(F)F)c2)CC1. The number of alkyl halides is 3. The Bertz CT molecular complexity index is 526. The molecule has 4 nitrogen and oxygen atoms in total. The first-order valence-corrected chi connectivity index (χ1v) is 5.57. The predicted octanol–water partition coefficient (Wildman–Crippen LogP) is 2.87. The van der Waals surface area contributed by atoms with E-state index in [1.165, 1.54) is 11.1 Å². The van der Waals surface area contributed by atoms with Gasteiger partial charge >= 0.3 is 12.3 Å². The molecule has 1 aliphatic heterocycles. The summed E-state index contributed by atoms with van der Waals surface area (Å²) in [6.07, 6.45) is -1.32. The lowest BCUT2D eigenvalue weighted by atomic mass is 10.00. The van der Waals surface area contributed by atoms with Gasteiger partial charge in [0.05, 0.1) is 5.56 Å². The molecular weight excluding hydrogens is 261 g/mol. The zero-order chi connectivity index (χ0) is 14.0. The molecule has 19 heavy (non-hydrogen) atoms. The Morgan fingerprint density at radius 2 is 2.11 bits per heavy atom. The maximum atomic E-state index is 12.6. The van der Waals surface area contributed by atoms with Gasteiger partial charge in [-0.25, -0.2) is 4.79 Å². The third kappa shape index (κ3) is 3.04. The predicted molar refractivity (Wildman–Crippen MR) is 61.4 cm³/mol. The summed E-state index contributed by atoms with van der Waals surface area (Å²) in [6, 6.07) is 1.04. The molecule has 0 saturated heterocycles. The maximum Gasteiger partial charge on any atom is 0.417 e. The lowest BCUT2D eigenvalue weighted by Gasteiger charge is -2.23. The van der Waals surface area contributed by atoms with Crippen molar-refractivity contribution in [3.63, 3.8) is 0 Å². The first kappa shape index (κ1) is 13.4. The van der Waals surface area contributed by atoms with Gasteiger partial charge in [0.25, 0.3) is 0 Å². The number of carbonyl (C=O) groups is 1. The van der Waals surface area contributed by atoms with Crippen molar-refractivity contribution >= 4 is 11.7 Å². The number of halogens is 3. The van der Waals surface area contributed by atoms with E-state index in [4.69, 9.17) is 5.11 Å². The lowest BCUT2D eigenvalue weighted by Crippen LogP contribution is -2.33. The number of amides is 1. The summed E-state index contributed by atoms with van der Waals surface area (Å²) in [7, 11) is 0. The third-order valence-electron chi connectivity index (χ3n) is 2.92. The van der Waals surface area contributed by atoms with Crippen molar-refractivity contribution in [3.05, 3.63) is 35.7 Å². The van der Waals surface area contributed by atoms with E-state index in [1.54, 1.807) is 6.08 Å². The second kappa shape index (κ2) is 4.91. The van der Waals surface area contributed by atoms with Gasteiger partial charge in [-0.2, -0.15) is 13.2 Å². The van der Waals surface area contributed by atoms with Crippen LogP contribution in [0.25, 0.3) is 5.57 Å². The molecule has 1 aromatic heterocycles. The molecule has 0 unspecified atom stereocenters. The van der Waals surface area contributed by atoms with Crippen molar-refractivity contribution in [1.82, 2.24) is 9.88 Å². The zero-order valence-electron chi connectivity index (χ0n) is 9.81. The summed E-state index contributed by atoms with van der Waals surface area (Å²) in [4.78, 5) is 15.5. The Morgan fingerprint density at radius 1 is 1.37 bits per heavy atom. The number of rotatable bonds is 1. The highest BCUT2D eigenvalue weighted by atomic mass is 19.4. The Hall–Kier alpha value is -2.05. The number of aromatic nitrogens is 1. The van der Waals surface area contributed by atoms with E-state index >= 15 is 0 Å². The van der Waals surface area contributed by atoms with Gasteiger partial charge in [0, 0.05) is 25.5 Å². The fraction of sp³-hybridized carbons (Fsp3) is 0.333. The standard InChI is InChI=1S/C12H11F3N2O2/c13-12(14,15)10-5-9(6-16-7-10)8-1-3-17(4-2-8)11(18)19/h1,5-7H,2-4H2,(H,18,19). The molecule has 0 saturated carbocycles. The number of pyridine rings is 1. The summed E-state index contributed by atoms with van der Waals surface area (Å²) < 4.78 is 37.7.